The van der Waals surface area contributed by atoms with Gasteiger partial charge in [0.15, 0.2) is 0 Å². The standard InChI is InChI=1S/C21H29N3O3S/c1-15(2)22-21(27)16-9-11-23(12-10-16)19(25)7-8-20(26)24-13-14-28-18-6-4-3-5-17(18)24/h3-6,15-16H,7-14H2,1-2H3,(H,22,27). The molecule has 2 heterocycles. The van der Waals surface area contributed by atoms with Crippen molar-refractivity contribution in [3.8, 4) is 0 Å². The van der Waals surface area contributed by atoms with E-state index in [2.05, 4.69) is 5.32 Å². The molecule has 0 atom stereocenters. The lowest BCUT2D eigenvalue weighted by Crippen LogP contribution is -2.44. The van der Waals surface area contributed by atoms with Crippen molar-refractivity contribution in [3.63, 3.8) is 0 Å². The Morgan fingerprint density at radius 3 is 2.46 bits per heavy atom. The normalized spacial score (nSPS) is 17.4. The Kier molecular flexibility index (Phi) is 6.99. The molecule has 1 aromatic carbocycles. The van der Waals surface area contributed by atoms with Crippen LogP contribution in [-0.4, -0.2) is 54.1 Å². The number of para-hydroxylation sites is 1. The first-order valence-electron chi connectivity index (χ1n) is 10.1. The molecular weight excluding hydrogens is 374 g/mol. The Bertz CT molecular complexity index is 729. The van der Waals surface area contributed by atoms with Crippen LogP contribution >= 0.6 is 11.8 Å². The van der Waals surface area contributed by atoms with E-state index in [0.717, 1.165) is 16.3 Å². The zero-order valence-corrected chi connectivity index (χ0v) is 17.5. The highest BCUT2D eigenvalue weighted by atomic mass is 32.2. The number of hydrogen-bond donors (Lipinski definition) is 1. The van der Waals surface area contributed by atoms with Crippen LogP contribution in [0.2, 0.25) is 0 Å². The van der Waals surface area contributed by atoms with E-state index in [9.17, 15) is 14.4 Å². The molecule has 1 saturated heterocycles. The summed E-state index contributed by atoms with van der Waals surface area (Å²) in [4.78, 5) is 42.1. The van der Waals surface area contributed by atoms with Crippen molar-refractivity contribution < 1.29 is 14.4 Å². The fourth-order valence-corrected chi connectivity index (χ4v) is 4.72. The van der Waals surface area contributed by atoms with Crippen LogP contribution in [-0.2, 0) is 14.4 Å². The number of anilines is 1. The number of benzene rings is 1. The maximum atomic E-state index is 12.7. The predicted molar refractivity (Wildman–Crippen MR) is 111 cm³/mol. The number of fused-ring (bicyclic) bond motifs is 1. The van der Waals surface area contributed by atoms with E-state index in [1.54, 1.807) is 16.7 Å². The van der Waals surface area contributed by atoms with Crippen LogP contribution in [0, 0.1) is 5.92 Å². The summed E-state index contributed by atoms with van der Waals surface area (Å²) in [6.07, 6.45) is 1.84. The molecule has 3 rings (SSSR count). The van der Waals surface area contributed by atoms with Crippen LogP contribution in [0.1, 0.15) is 39.5 Å². The zero-order valence-electron chi connectivity index (χ0n) is 16.6. The summed E-state index contributed by atoms with van der Waals surface area (Å²) in [6, 6.07) is 8.05. The van der Waals surface area contributed by atoms with E-state index in [1.807, 2.05) is 43.0 Å². The molecule has 0 bridgehead atoms. The first-order valence-corrected chi connectivity index (χ1v) is 11.0. The second-order valence-corrected chi connectivity index (χ2v) is 8.82. The van der Waals surface area contributed by atoms with Gasteiger partial charge in [-0.3, -0.25) is 14.4 Å². The number of nitrogens with zero attached hydrogens (tertiary/aromatic N) is 2. The second-order valence-electron chi connectivity index (χ2n) is 7.68. The van der Waals surface area contributed by atoms with Gasteiger partial charge in [-0.05, 0) is 38.8 Å². The highest BCUT2D eigenvalue weighted by Crippen LogP contribution is 2.34. The fraction of sp³-hybridized carbons (Fsp3) is 0.571. The lowest BCUT2D eigenvalue weighted by atomic mass is 9.95. The van der Waals surface area contributed by atoms with E-state index in [0.29, 0.717) is 32.5 Å². The highest BCUT2D eigenvalue weighted by molar-refractivity contribution is 7.99. The van der Waals surface area contributed by atoms with Gasteiger partial charge in [-0.25, -0.2) is 0 Å². The maximum Gasteiger partial charge on any atom is 0.227 e. The Labute approximate surface area is 171 Å². The van der Waals surface area contributed by atoms with Crippen molar-refractivity contribution in [1.29, 1.82) is 0 Å². The second kappa shape index (κ2) is 9.45. The minimum absolute atomic E-state index is 0.00676. The fourth-order valence-electron chi connectivity index (χ4n) is 3.73. The van der Waals surface area contributed by atoms with Crippen molar-refractivity contribution in [2.24, 2.45) is 5.92 Å². The number of carbonyl (C=O) groups excluding carboxylic acids is 3. The van der Waals surface area contributed by atoms with Gasteiger partial charge in [0, 0.05) is 55.1 Å². The molecule has 2 aliphatic rings. The third-order valence-corrected chi connectivity index (χ3v) is 6.27. The lowest BCUT2D eigenvalue weighted by Gasteiger charge is -2.32. The number of nitrogens with one attached hydrogen (secondary N) is 1. The Morgan fingerprint density at radius 2 is 1.75 bits per heavy atom. The van der Waals surface area contributed by atoms with Crippen LogP contribution in [0.3, 0.4) is 0 Å². The van der Waals surface area contributed by atoms with Crippen molar-refractivity contribution in [3.05, 3.63) is 24.3 Å². The van der Waals surface area contributed by atoms with Crippen molar-refractivity contribution in [2.75, 3.05) is 30.3 Å². The van der Waals surface area contributed by atoms with Crippen molar-refractivity contribution in [1.82, 2.24) is 10.2 Å². The molecule has 1 fully saturated rings. The van der Waals surface area contributed by atoms with Crippen molar-refractivity contribution in [2.45, 2.75) is 50.5 Å². The minimum atomic E-state index is -0.0181. The quantitative estimate of drug-likeness (QED) is 0.821. The van der Waals surface area contributed by atoms with Gasteiger partial charge >= 0.3 is 0 Å². The SMILES string of the molecule is CC(C)NC(=O)C1CCN(C(=O)CCC(=O)N2CCSc3ccccc32)CC1. The van der Waals surface area contributed by atoms with E-state index < -0.39 is 0 Å². The van der Waals surface area contributed by atoms with E-state index in [-0.39, 0.29) is 42.5 Å². The van der Waals surface area contributed by atoms with Crippen LogP contribution in [0.25, 0.3) is 0 Å². The van der Waals surface area contributed by atoms with Crippen LogP contribution < -0.4 is 10.2 Å². The largest absolute Gasteiger partial charge is 0.354 e. The molecule has 0 aliphatic carbocycles. The third-order valence-electron chi connectivity index (χ3n) is 5.23. The topological polar surface area (TPSA) is 69.7 Å². The van der Waals surface area contributed by atoms with Gasteiger partial charge < -0.3 is 15.1 Å². The molecule has 0 saturated carbocycles. The molecule has 28 heavy (non-hydrogen) atoms. The predicted octanol–water partition coefficient (Wildman–Crippen LogP) is 2.67. The smallest absolute Gasteiger partial charge is 0.227 e. The Morgan fingerprint density at radius 1 is 1.07 bits per heavy atom. The first-order chi connectivity index (χ1) is 13.5. The molecule has 3 amide bonds. The van der Waals surface area contributed by atoms with Gasteiger partial charge in [0.05, 0.1) is 5.69 Å². The summed E-state index contributed by atoms with van der Waals surface area (Å²) < 4.78 is 0. The average molecular weight is 404 g/mol. The number of thioether (sulfide) groups is 1. The van der Waals surface area contributed by atoms with Gasteiger partial charge in [-0.1, -0.05) is 12.1 Å². The monoisotopic (exact) mass is 403 g/mol. The Balaban J connectivity index is 1.46. The number of likely N-dealkylation sites (tertiary alicyclic amines) is 1. The summed E-state index contributed by atoms with van der Waals surface area (Å²) in [5, 5.41) is 2.95. The summed E-state index contributed by atoms with van der Waals surface area (Å²) >= 11 is 1.76. The van der Waals surface area contributed by atoms with Gasteiger partial charge in [0.25, 0.3) is 0 Å². The minimum Gasteiger partial charge on any atom is -0.354 e. The molecule has 6 nitrogen and oxygen atoms in total. The van der Waals surface area contributed by atoms with Crippen LogP contribution in [0.4, 0.5) is 5.69 Å². The van der Waals surface area contributed by atoms with Gasteiger partial charge in [0.2, 0.25) is 17.7 Å². The van der Waals surface area contributed by atoms with Gasteiger partial charge in [-0.15, -0.1) is 11.8 Å². The molecule has 2 aliphatic heterocycles. The molecule has 1 N–H and O–H groups in total. The van der Waals surface area contributed by atoms with Gasteiger partial charge in [-0.2, -0.15) is 0 Å². The van der Waals surface area contributed by atoms with Gasteiger partial charge in [0.1, 0.15) is 0 Å². The number of amides is 3. The summed E-state index contributed by atoms with van der Waals surface area (Å²) in [5.74, 6) is 0.959. The molecule has 0 aromatic heterocycles. The Hall–Kier alpha value is -2.02. The molecule has 1 aromatic rings. The summed E-state index contributed by atoms with van der Waals surface area (Å²) in [5.41, 5.74) is 0.952. The lowest BCUT2D eigenvalue weighted by molar-refractivity contribution is -0.136. The van der Waals surface area contributed by atoms with E-state index in [4.69, 9.17) is 0 Å². The summed E-state index contributed by atoms with van der Waals surface area (Å²) in [7, 11) is 0. The average Bonchev–Trinajstić information content (AvgIpc) is 2.71. The van der Waals surface area contributed by atoms with Crippen molar-refractivity contribution >= 4 is 35.2 Å². The number of rotatable bonds is 5. The first kappa shape index (κ1) is 20.7. The summed E-state index contributed by atoms with van der Waals surface area (Å²) in [6.45, 7) is 5.77. The van der Waals surface area contributed by atoms with E-state index in [1.165, 1.54) is 0 Å². The zero-order chi connectivity index (χ0) is 20.1. The molecule has 0 spiro atoms. The van der Waals surface area contributed by atoms with Crippen LogP contribution in [0.5, 0.6) is 0 Å². The van der Waals surface area contributed by atoms with E-state index >= 15 is 0 Å². The highest BCUT2D eigenvalue weighted by Gasteiger charge is 2.28. The molecule has 0 unspecified atom stereocenters. The molecule has 152 valence electrons. The number of hydrogen-bond acceptors (Lipinski definition) is 4. The number of carbonyl (C=O) groups is 3. The molecule has 0 radical (unpaired) electrons. The number of piperidine rings is 1. The third kappa shape index (κ3) is 5.07. The molecular formula is C21H29N3O3S. The van der Waals surface area contributed by atoms with Crippen LogP contribution in [0.15, 0.2) is 29.2 Å². The maximum absolute atomic E-state index is 12.7. The molecule has 7 heteroatoms.